The lowest BCUT2D eigenvalue weighted by molar-refractivity contribution is 0.0696. The summed E-state index contributed by atoms with van der Waals surface area (Å²) in [7, 11) is 2.11. The number of aryl methyl sites for hydroxylation is 1. The van der Waals surface area contributed by atoms with E-state index in [-0.39, 0.29) is 11.5 Å². The number of aromatic carboxylic acids is 1. The Labute approximate surface area is 187 Å². The number of carbonyl (C=O) groups is 1. The summed E-state index contributed by atoms with van der Waals surface area (Å²) in [4.78, 5) is 16.8. The van der Waals surface area contributed by atoms with Crippen molar-refractivity contribution in [1.29, 1.82) is 0 Å². The third kappa shape index (κ3) is 3.85. The molecule has 1 aliphatic heterocycles. The highest BCUT2D eigenvalue weighted by Gasteiger charge is 2.34. The maximum Gasteiger partial charge on any atom is 0.337 e. The SMILES string of the molecule is CN1CC[C@H](Oc2cc3ccccc3cc2-c2sc3c(c2C(=O)O)CC(C)(C)CC3)C1. The number of rotatable bonds is 4. The van der Waals surface area contributed by atoms with E-state index in [4.69, 9.17) is 4.74 Å². The highest BCUT2D eigenvalue weighted by molar-refractivity contribution is 7.16. The minimum atomic E-state index is -0.829. The molecule has 0 saturated carbocycles. The Bertz CT molecular complexity index is 1160. The number of ether oxygens (including phenoxy) is 1. The second-order valence-electron chi connectivity index (χ2n) is 9.84. The van der Waals surface area contributed by atoms with E-state index < -0.39 is 5.97 Å². The molecule has 31 heavy (non-hydrogen) atoms. The van der Waals surface area contributed by atoms with E-state index in [9.17, 15) is 9.90 Å². The van der Waals surface area contributed by atoms with Crippen LogP contribution in [0.1, 0.15) is 47.5 Å². The zero-order valence-corrected chi connectivity index (χ0v) is 19.2. The minimum absolute atomic E-state index is 0.131. The smallest absolute Gasteiger partial charge is 0.337 e. The first-order valence-electron chi connectivity index (χ1n) is 11.1. The lowest BCUT2D eigenvalue weighted by atomic mass is 9.76. The summed E-state index contributed by atoms with van der Waals surface area (Å²) in [5, 5.41) is 12.4. The molecular weight excluding hydrogens is 406 g/mol. The Balaban J connectivity index is 1.68. The predicted molar refractivity (Wildman–Crippen MR) is 127 cm³/mol. The van der Waals surface area contributed by atoms with Crippen molar-refractivity contribution in [1.82, 2.24) is 4.90 Å². The molecule has 0 bridgehead atoms. The highest BCUT2D eigenvalue weighted by atomic mass is 32.1. The van der Waals surface area contributed by atoms with Crippen LogP contribution in [0.3, 0.4) is 0 Å². The number of thiophene rings is 1. The molecule has 1 N–H and O–H groups in total. The van der Waals surface area contributed by atoms with E-state index in [1.165, 1.54) is 4.88 Å². The number of carboxylic acid groups (broad SMARTS) is 1. The summed E-state index contributed by atoms with van der Waals surface area (Å²) in [5.74, 6) is -0.0238. The molecule has 0 unspecified atom stereocenters. The van der Waals surface area contributed by atoms with Gasteiger partial charge in [0, 0.05) is 23.5 Å². The van der Waals surface area contributed by atoms with Crippen molar-refractivity contribution < 1.29 is 14.6 Å². The minimum Gasteiger partial charge on any atom is -0.488 e. The molecule has 0 spiro atoms. The van der Waals surface area contributed by atoms with Gasteiger partial charge in [-0.15, -0.1) is 11.3 Å². The van der Waals surface area contributed by atoms with Gasteiger partial charge in [-0.05, 0) is 66.6 Å². The van der Waals surface area contributed by atoms with Crippen LogP contribution in [0.25, 0.3) is 21.2 Å². The second-order valence-corrected chi connectivity index (χ2v) is 10.9. The number of hydrogen-bond donors (Lipinski definition) is 1. The van der Waals surface area contributed by atoms with E-state index >= 15 is 0 Å². The summed E-state index contributed by atoms with van der Waals surface area (Å²) in [5.41, 5.74) is 2.56. The van der Waals surface area contributed by atoms with Crippen molar-refractivity contribution in [2.24, 2.45) is 5.41 Å². The summed E-state index contributed by atoms with van der Waals surface area (Å²) in [6.07, 6.45) is 3.98. The van der Waals surface area contributed by atoms with Crippen LogP contribution in [0.4, 0.5) is 0 Å². The van der Waals surface area contributed by atoms with Crippen molar-refractivity contribution in [2.75, 3.05) is 20.1 Å². The molecular formula is C26H29NO3S. The predicted octanol–water partition coefficient (Wildman–Crippen LogP) is 5.86. The molecule has 3 aromatic rings. The van der Waals surface area contributed by atoms with E-state index in [2.05, 4.69) is 50.1 Å². The van der Waals surface area contributed by atoms with Gasteiger partial charge in [-0.25, -0.2) is 4.79 Å². The molecule has 162 valence electrons. The number of likely N-dealkylation sites (N-methyl/N-ethyl adjacent to an activating group) is 1. The molecule has 1 fully saturated rings. The molecule has 2 aromatic carbocycles. The number of carboxylic acids is 1. The van der Waals surface area contributed by atoms with Gasteiger partial charge in [-0.1, -0.05) is 38.1 Å². The Morgan fingerprint density at radius 3 is 2.65 bits per heavy atom. The van der Waals surface area contributed by atoms with Crippen molar-refractivity contribution in [3.05, 3.63) is 52.4 Å². The molecule has 0 amide bonds. The lowest BCUT2D eigenvalue weighted by Gasteiger charge is -2.29. The van der Waals surface area contributed by atoms with Gasteiger partial charge in [-0.3, -0.25) is 0 Å². The Morgan fingerprint density at radius 2 is 1.97 bits per heavy atom. The zero-order chi connectivity index (χ0) is 21.8. The molecule has 5 rings (SSSR count). The van der Waals surface area contributed by atoms with Crippen molar-refractivity contribution in [3.8, 4) is 16.2 Å². The molecule has 2 heterocycles. The largest absolute Gasteiger partial charge is 0.488 e. The fraction of sp³-hybridized carbons (Fsp3) is 0.423. The van der Waals surface area contributed by atoms with Gasteiger partial charge in [0.25, 0.3) is 0 Å². The number of nitrogens with zero attached hydrogens (tertiary/aromatic N) is 1. The fourth-order valence-electron chi connectivity index (χ4n) is 5.00. The van der Waals surface area contributed by atoms with Crippen LogP contribution in [0.2, 0.25) is 0 Å². The van der Waals surface area contributed by atoms with Gasteiger partial charge < -0.3 is 14.7 Å². The first-order valence-corrected chi connectivity index (χ1v) is 11.9. The average molecular weight is 436 g/mol. The monoisotopic (exact) mass is 435 g/mol. The van der Waals surface area contributed by atoms with Crippen LogP contribution in [0, 0.1) is 5.41 Å². The highest BCUT2D eigenvalue weighted by Crippen LogP contribution is 2.48. The van der Waals surface area contributed by atoms with E-state index in [1.807, 2.05) is 12.1 Å². The molecule has 0 radical (unpaired) electrons. The molecule has 1 atom stereocenters. The Morgan fingerprint density at radius 1 is 1.23 bits per heavy atom. The Kier molecular flexibility index (Phi) is 5.06. The summed E-state index contributed by atoms with van der Waals surface area (Å²) >= 11 is 1.65. The first kappa shape index (κ1) is 20.5. The molecule has 1 saturated heterocycles. The summed E-state index contributed by atoms with van der Waals surface area (Å²) < 4.78 is 6.52. The summed E-state index contributed by atoms with van der Waals surface area (Å²) in [6.45, 7) is 6.39. The maximum absolute atomic E-state index is 12.5. The molecule has 2 aliphatic rings. The number of benzene rings is 2. The summed E-state index contributed by atoms with van der Waals surface area (Å²) in [6, 6.07) is 12.5. The first-order chi connectivity index (χ1) is 14.8. The zero-order valence-electron chi connectivity index (χ0n) is 18.4. The maximum atomic E-state index is 12.5. The van der Waals surface area contributed by atoms with Gasteiger partial charge in [0.2, 0.25) is 0 Å². The van der Waals surface area contributed by atoms with Crippen LogP contribution in [0.5, 0.6) is 5.75 Å². The Hall–Kier alpha value is -2.37. The quantitative estimate of drug-likeness (QED) is 0.557. The number of hydrogen-bond acceptors (Lipinski definition) is 4. The standard InChI is InChI=1S/C26H29NO3S/c1-26(2)10-8-22-20(14-26)23(25(28)29)24(31-22)19-12-16-6-4-5-7-17(16)13-21(19)30-18-9-11-27(3)15-18/h4-7,12-13,18H,8-11,14-15H2,1-3H3,(H,28,29)/t18-/m0/s1. The molecule has 5 heteroatoms. The molecule has 1 aromatic heterocycles. The van der Waals surface area contributed by atoms with Crippen LogP contribution in [-0.2, 0) is 12.8 Å². The molecule has 4 nitrogen and oxygen atoms in total. The van der Waals surface area contributed by atoms with E-state index in [0.29, 0.717) is 5.56 Å². The van der Waals surface area contributed by atoms with Crippen LogP contribution in [-0.4, -0.2) is 42.2 Å². The van der Waals surface area contributed by atoms with Crippen LogP contribution < -0.4 is 4.74 Å². The fourth-order valence-corrected chi connectivity index (χ4v) is 6.33. The van der Waals surface area contributed by atoms with Crippen LogP contribution in [0.15, 0.2) is 36.4 Å². The van der Waals surface area contributed by atoms with E-state index in [1.54, 1.807) is 11.3 Å². The van der Waals surface area contributed by atoms with Gasteiger partial charge in [0.05, 0.1) is 10.4 Å². The topological polar surface area (TPSA) is 49.8 Å². The average Bonchev–Trinajstić information content (AvgIpc) is 3.29. The van der Waals surface area contributed by atoms with Crippen molar-refractivity contribution >= 4 is 28.1 Å². The molecule has 1 aliphatic carbocycles. The van der Waals surface area contributed by atoms with Crippen molar-refractivity contribution in [3.63, 3.8) is 0 Å². The van der Waals surface area contributed by atoms with E-state index in [0.717, 1.165) is 71.3 Å². The van der Waals surface area contributed by atoms with Gasteiger partial charge >= 0.3 is 5.97 Å². The lowest BCUT2D eigenvalue weighted by Crippen LogP contribution is -2.22. The number of likely N-dealkylation sites (tertiary alicyclic amines) is 1. The number of fused-ring (bicyclic) bond motifs is 2. The van der Waals surface area contributed by atoms with Gasteiger partial charge in [0.1, 0.15) is 11.9 Å². The van der Waals surface area contributed by atoms with Crippen LogP contribution >= 0.6 is 11.3 Å². The normalized spacial score (nSPS) is 20.7. The second kappa shape index (κ2) is 7.64. The third-order valence-corrected chi connectivity index (χ3v) is 8.05. The van der Waals surface area contributed by atoms with Gasteiger partial charge in [0.15, 0.2) is 0 Å². The van der Waals surface area contributed by atoms with Crippen molar-refractivity contribution in [2.45, 2.75) is 45.6 Å². The third-order valence-electron chi connectivity index (χ3n) is 6.72. The van der Waals surface area contributed by atoms with Gasteiger partial charge in [-0.2, -0.15) is 0 Å².